The van der Waals surface area contributed by atoms with Gasteiger partial charge in [0.05, 0.1) is 0 Å². The SMILES string of the molecule is Cc1ccccc1-c1onc(C#N)c1Br. The third-order valence-electron chi connectivity index (χ3n) is 2.13. The van der Waals surface area contributed by atoms with Gasteiger partial charge in [0.25, 0.3) is 0 Å². The van der Waals surface area contributed by atoms with Gasteiger partial charge in [-0.15, -0.1) is 0 Å². The van der Waals surface area contributed by atoms with Gasteiger partial charge in [0, 0.05) is 5.56 Å². The van der Waals surface area contributed by atoms with Crippen molar-refractivity contribution in [2.45, 2.75) is 6.92 Å². The number of aromatic nitrogens is 1. The van der Waals surface area contributed by atoms with E-state index in [1.807, 2.05) is 37.3 Å². The van der Waals surface area contributed by atoms with Crippen LogP contribution in [0.3, 0.4) is 0 Å². The maximum absolute atomic E-state index is 8.75. The van der Waals surface area contributed by atoms with Crippen LogP contribution in [0.4, 0.5) is 0 Å². The Morgan fingerprint density at radius 1 is 1.40 bits per heavy atom. The predicted molar refractivity (Wildman–Crippen MR) is 59.1 cm³/mol. The third kappa shape index (κ3) is 1.66. The van der Waals surface area contributed by atoms with Crippen LogP contribution >= 0.6 is 15.9 Å². The second-order valence-corrected chi connectivity index (χ2v) is 3.89. The van der Waals surface area contributed by atoms with E-state index in [1.165, 1.54) is 0 Å². The molecule has 1 aromatic heterocycles. The summed E-state index contributed by atoms with van der Waals surface area (Å²) in [6, 6.07) is 9.74. The molecule has 74 valence electrons. The molecule has 0 fully saturated rings. The number of hydrogen-bond donors (Lipinski definition) is 0. The number of nitrogens with zero attached hydrogens (tertiary/aromatic N) is 2. The summed E-state index contributed by atoms with van der Waals surface area (Å²) in [4.78, 5) is 0. The molecule has 0 unspecified atom stereocenters. The summed E-state index contributed by atoms with van der Waals surface area (Å²) in [7, 11) is 0. The van der Waals surface area contributed by atoms with Crippen LogP contribution in [0.1, 0.15) is 11.3 Å². The molecule has 0 aliphatic heterocycles. The molecule has 4 heteroatoms. The summed E-state index contributed by atoms with van der Waals surface area (Å²) >= 11 is 3.30. The predicted octanol–water partition coefficient (Wildman–Crippen LogP) is 3.28. The first-order valence-electron chi connectivity index (χ1n) is 4.35. The Kier molecular flexibility index (Phi) is 2.57. The van der Waals surface area contributed by atoms with Crippen LogP contribution in [0.25, 0.3) is 11.3 Å². The van der Waals surface area contributed by atoms with Gasteiger partial charge >= 0.3 is 0 Å². The molecule has 0 N–H and O–H groups in total. The van der Waals surface area contributed by atoms with E-state index in [4.69, 9.17) is 9.78 Å². The fraction of sp³-hybridized carbons (Fsp3) is 0.0909. The normalized spacial score (nSPS) is 9.93. The Balaban J connectivity index is 2.61. The van der Waals surface area contributed by atoms with Crippen LogP contribution in [-0.4, -0.2) is 5.16 Å². The lowest BCUT2D eigenvalue weighted by molar-refractivity contribution is 0.429. The molecule has 15 heavy (non-hydrogen) atoms. The summed E-state index contributed by atoms with van der Waals surface area (Å²) < 4.78 is 5.74. The second-order valence-electron chi connectivity index (χ2n) is 3.10. The lowest BCUT2D eigenvalue weighted by Gasteiger charge is -2.00. The molecule has 2 aromatic rings. The first kappa shape index (κ1) is 9.94. The monoisotopic (exact) mass is 262 g/mol. The minimum atomic E-state index is 0.272. The van der Waals surface area contributed by atoms with Crippen LogP contribution in [-0.2, 0) is 0 Å². The number of rotatable bonds is 1. The standard InChI is InChI=1S/C11H7BrN2O/c1-7-4-2-3-5-8(7)11-10(12)9(6-13)14-15-11/h2-5H,1H3. The summed E-state index contributed by atoms with van der Waals surface area (Å²) in [5.41, 5.74) is 2.30. The minimum absolute atomic E-state index is 0.272. The van der Waals surface area contributed by atoms with Crippen molar-refractivity contribution in [3.05, 3.63) is 40.0 Å². The highest BCUT2D eigenvalue weighted by Gasteiger charge is 2.15. The number of aryl methyl sites for hydroxylation is 1. The lowest BCUT2D eigenvalue weighted by Crippen LogP contribution is -1.80. The summed E-state index contributed by atoms with van der Waals surface area (Å²) in [5.74, 6) is 0.602. The van der Waals surface area contributed by atoms with Crippen molar-refractivity contribution < 1.29 is 4.52 Å². The third-order valence-corrected chi connectivity index (χ3v) is 2.87. The van der Waals surface area contributed by atoms with E-state index in [0.29, 0.717) is 10.2 Å². The van der Waals surface area contributed by atoms with Crippen LogP contribution < -0.4 is 0 Å². The van der Waals surface area contributed by atoms with Crippen molar-refractivity contribution in [1.82, 2.24) is 5.16 Å². The Bertz CT molecular complexity index is 540. The van der Waals surface area contributed by atoms with Crippen molar-refractivity contribution in [2.24, 2.45) is 0 Å². The number of halogens is 1. The van der Waals surface area contributed by atoms with Crippen molar-refractivity contribution in [3.63, 3.8) is 0 Å². The van der Waals surface area contributed by atoms with Crippen LogP contribution in [0, 0.1) is 18.3 Å². The summed E-state index contributed by atoms with van der Waals surface area (Å²) in [6.07, 6.45) is 0. The largest absolute Gasteiger partial charge is 0.354 e. The first-order chi connectivity index (χ1) is 7.24. The van der Waals surface area contributed by atoms with Gasteiger partial charge in [-0.25, -0.2) is 0 Å². The molecule has 1 heterocycles. The van der Waals surface area contributed by atoms with Gasteiger partial charge in [0.15, 0.2) is 11.5 Å². The smallest absolute Gasteiger partial charge is 0.198 e. The fourth-order valence-electron chi connectivity index (χ4n) is 1.34. The molecular weight excluding hydrogens is 256 g/mol. The maximum atomic E-state index is 8.75. The molecule has 3 nitrogen and oxygen atoms in total. The Morgan fingerprint density at radius 2 is 2.13 bits per heavy atom. The molecule has 0 atom stereocenters. The van der Waals surface area contributed by atoms with E-state index in [9.17, 15) is 0 Å². The molecule has 0 saturated heterocycles. The van der Waals surface area contributed by atoms with Gasteiger partial charge in [-0.05, 0) is 28.4 Å². The molecule has 2 rings (SSSR count). The molecular formula is C11H7BrN2O. The topological polar surface area (TPSA) is 49.8 Å². The van der Waals surface area contributed by atoms with E-state index >= 15 is 0 Å². The zero-order chi connectivity index (χ0) is 10.8. The van der Waals surface area contributed by atoms with E-state index < -0.39 is 0 Å². The van der Waals surface area contributed by atoms with Gasteiger partial charge in [-0.2, -0.15) is 5.26 Å². The van der Waals surface area contributed by atoms with Crippen LogP contribution in [0.5, 0.6) is 0 Å². The molecule has 0 aliphatic rings. The molecule has 0 saturated carbocycles. The Labute approximate surface area is 95.4 Å². The van der Waals surface area contributed by atoms with Crippen molar-refractivity contribution >= 4 is 15.9 Å². The minimum Gasteiger partial charge on any atom is -0.354 e. The van der Waals surface area contributed by atoms with Gasteiger partial charge in [-0.3, -0.25) is 0 Å². The van der Waals surface area contributed by atoms with Gasteiger partial charge < -0.3 is 4.52 Å². The Morgan fingerprint density at radius 3 is 2.73 bits per heavy atom. The van der Waals surface area contributed by atoms with E-state index in [1.54, 1.807) is 0 Å². The summed E-state index contributed by atoms with van der Waals surface area (Å²) in [5, 5.41) is 12.4. The second kappa shape index (κ2) is 3.87. The number of nitriles is 1. The van der Waals surface area contributed by atoms with Crippen molar-refractivity contribution in [1.29, 1.82) is 5.26 Å². The fourth-order valence-corrected chi connectivity index (χ4v) is 1.79. The zero-order valence-corrected chi connectivity index (χ0v) is 9.58. The highest BCUT2D eigenvalue weighted by atomic mass is 79.9. The van der Waals surface area contributed by atoms with Gasteiger partial charge in [0.1, 0.15) is 10.5 Å². The molecule has 0 bridgehead atoms. The van der Waals surface area contributed by atoms with Crippen LogP contribution in [0.2, 0.25) is 0 Å². The summed E-state index contributed by atoms with van der Waals surface area (Å²) in [6.45, 7) is 1.98. The van der Waals surface area contributed by atoms with E-state index in [-0.39, 0.29) is 5.69 Å². The first-order valence-corrected chi connectivity index (χ1v) is 5.14. The zero-order valence-electron chi connectivity index (χ0n) is 7.99. The quantitative estimate of drug-likeness (QED) is 0.793. The molecule has 0 amide bonds. The van der Waals surface area contributed by atoms with E-state index in [2.05, 4.69) is 21.1 Å². The van der Waals surface area contributed by atoms with Crippen LogP contribution in [0.15, 0.2) is 33.3 Å². The highest BCUT2D eigenvalue weighted by molar-refractivity contribution is 9.10. The highest BCUT2D eigenvalue weighted by Crippen LogP contribution is 2.32. The lowest BCUT2D eigenvalue weighted by atomic mass is 10.1. The Hall–Kier alpha value is -1.60. The number of hydrogen-bond acceptors (Lipinski definition) is 3. The molecule has 0 radical (unpaired) electrons. The number of benzene rings is 1. The molecule has 0 spiro atoms. The average molecular weight is 263 g/mol. The van der Waals surface area contributed by atoms with Gasteiger partial charge in [-0.1, -0.05) is 29.4 Å². The van der Waals surface area contributed by atoms with Crippen molar-refractivity contribution in [3.8, 4) is 17.4 Å². The van der Waals surface area contributed by atoms with Crippen molar-refractivity contribution in [2.75, 3.05) is 0 Å². The maximum Gasteiger partial charge on any atom is 0.198 e. The molecule has 0 aliphatic carbocycles. The van der Waals surface area contributed by atoms with E-state index in [0.717, 1.165) is 11.1 Å². The molecule has 1 aromatic carbocycles. The van der Waals surface area contributed by atoms with Gasteiger partial charge in [0.2, 0.25) is 0 Å². The average Bonchev–Trinajstić information content (AvgIpc) is 2.60.